The Kier molecular flexibility index (Phi) is 1.89. The van der Waals surface area contributed by atoms with E-state index < -0.39 is 0 Å². The molecule has 0 amide bonds. The molecular weight excluding hydrogens is 182 g/mol. The molecule has 0 radical (unpaired) electrons. The third kappa shape index (κ3) is 1.21. The Morgan fingerprint density at radius 2 is 2.21 bits per heavy atom. The molecular formula is C10H9NO3. The van der Waals surface area contributed by atoms with E-state index >= 15 is 0 Å². The number of nitrogens with two attached hydrogens (primary N) is 1. The van der Waals surface area contributed by atoms with Gasteiger partial charge < -0.3 is 14.9 Å². The summed E-state index contributed by atoms with van der Waals surface area (Å²) < 4.78 is 10.1. The molecule has 14 heavy (non-hydrogen) atoms. The Hall–Kier alpha value is -1.97. The minimum absolute atomic E-state index is 0.103. The van der Waals surface area contributed by atoms with Gasteiger partial charge in [0.25, 0.3) is 0 Å². The SMILES string of the molecule is COc1ccc2occ(N)c(=O)c2c1. The minimum atomic E-state index is -0.231. The van der Waals surface area contributed by atoms with Crippen LogP contribution in [0.15, 0.2) is 33.7 Å². The summed E-state index contributed by atoms with van der Waals surface area (Å²) in [5.74, 6) is 0.607. The smallest absolute Gasteiger partial charge is 0.215 e. The molecule has 0 bridgehead atoms. The number of hydrogen-bond acceptors (Lipinski definition) is 4. The number of rotatable bonds is 1. The fraction of sp³-hybridized carbons (Fsp3) is 0.100. The van der Waals surface area contributed by atoms with Gasteiger partial charge in [-0.2, -0.15) is 0 Å². The molecule has 4 heteroatoms. The highest BCUT2D eigenvalue weighted by atomic mass is 16.5. The average Bonchev–Trinajstić information content (AvgIpc) is 2.23. The molecule has 0 saturated carbocycles. The molecule has 0 saturated heterocycles. The first kappa shape index (κ1) is 8.62. The predicted molar refractivity (Wildman–Crippen MR) is 53.4 cm³/mol. The van der Waals surface area contributed by atoms with Crippen molar-refractivity contribution in [3.05, 3.63) is 34.7 Å². The number of nitrogen functional groups attached to an aromatic ring is 1. The van der Waals surface area contributed by atoms with E-state index in [1.165, 1.54) is 13.4 Å². The number of benzene rings is 1. The summed E-state index contributed by atoms with van der Waals surface area (Å²) in [6.45, 7) is 0. The topological polar surface area (TPSA) is 65.5 Å². The van der Waals surface area contributed by atoms with Gasteiger partial charge in [0.2, 0.25) is 5.43 Å². The van der Waals surface area contributed by atoms with E-state index in [0.29, 0.717) is 16.7 Å². The highest BCUT2D eigenvalue weighted by Crippen LogP contribution is 2.18. The molecule has 72 valence electrons. The van der Waals surface area contributed by atoms with Crippen LogP contribution in [-0.2, 0) is 0 Å². The molecule has 1 aromatic heterocycles. The number of hydrogen-bond donors (Lipinski definition) is 1. The van der Waals surface area contributed by atoms with Crippen molar-refractivity contribution in [2.24, 2.45) is 0 Å². The first-order valence-electron chi connectivity index (χ1n) is 4.07. The van der Waals surface area contributed by atoms with Crippen LogP contribution in [0.25, 0.3) is 11.0 Å². The van der Waals surface area contributed by atoms with Crippen molar-refractivity contribution in [1.82, 2.24) is 0 Å². The summed E-state index contributed by atoms with van der Waals surface area (Å²) in [7, 11) is 1.54. The number of fused-ring (bicyclic) bond motifs is 1. The van der Waals surface area contributed by atoms with Crippen LogP contribution >= 0.6 is 0 Å². The molecule has 0 unspecified atom stereocenters. The summed E-state index contributed by atoms with van der Waals surface area (Å²) in [5.41, 5.74) is 5.81. The van der Waals surface area contributed by atoms with Gasteiger partial charge in [-0.3, -0.25) is 4.79 Å². The molecule has 0 aliphatic carbocycles. The maximum absolute atomic E-state index is 11.6. The molecule has 2 aromatic rings. The molecule has 1 aromatic carbocycles. The Balaban J connectivity index is 2.85. The minimum Gasteiger partial charge on any atom is -0.497 e. The molecule has 1 heterocycles. The zero-order chi connectivity index (χ0) is 10.1. The fourth-order valence-corrected chi connectivity index (χ4v) is 1.25. The lowest BCUT2D eigenvalue weighted by Crippen LogP contribution is -2.07. The van der Waals surface area contributed by atoms with E-state index in [1.807, 2.05) is 0 Å². The molecule has 0 fully saturated rings. The first-order chi connectivity index (χ1) is 6.72. The van der Waals surface area contributed by atoms with Crippen molar-refractivity contribution in [2.75, 3.05) is 12.8 Å². The fourth-order valence-electron chi connectivity index (χ4n) is 1.25. The number of anilines is 1. The van der Waals surface area contributed by atoms with Gasteiger partial charge in [-0.05, 0) is 18.2 Å². The zero-order valence-corrected chi connectivity index (χ0v) is 7.61. The lowest BCUT2D eigenvalue weighted by molar-refractivity contribution is 0.415. The molecule has 2 N–H and O–H groups in total. The zero-order valence-electron chi connectivity index (χ0n) is 7.61. The van der Waals surface area contributed by atoms with Crippen LogP contribution < -0.4 is 15.9 Å². The largest absolute Gasteiger partial charge is 0.497 e. The lowest BCUT2D eigenvalue weighted by atomic mass is 10.2. The van der Waals surface area contributed by atoms with Gasteiger partial charge in [-0.15, -0.1) is 0 Å². The Morgan fingerprint density at radius 3 is 2.93 bits per heavy atom. The summed E-state index contributed by atoms with van der Waals surface area (Å²) in [6, 6.07) is 5.01. The van der Waals surface area contributed by atoms with Crippen LogP contribution in [0.1, 0.15) is 0 Å². The normalized spacial score (nSPS) is 10.4. The van der Waals surface area contributed by atoms with Gasteiger partial charge >= 0.3 is 0 Å². The van der Waals surface area contributed by atoms with Crippen LogP contribution in [0, 0.1) is 0 Å². The first-order valence-corrected chi connectivity index (χ1v) is 4.07. The van der Waals surface area contributed by atoms with Crippen molar-refractivity contribution in [2.45, 2.75) is 0 Å². The van der Waals surface area contributed by atoms with Crippen LogP contribution in [0.4, 0.5) is 5.69 Å². The summed E-state index contributed by atoms with van der Waals surface area (Å²) in [6.07, 6.45) is 1.25. The molecule has 0 aliphatic rings. The van der Waals surface area contributed by atoms with Gasteiger partial charge in [0, 0.05) is 0 Å². The molecule has 0 aliphatic heterocycles. The molecule has 2 rings (SSSR count). The second-order valence-corrected chi connectivity index (χ2v) is 2.88. The Morgan fingerprint density at radius 1 is 1.43 bits per heavy atom. The highest BCUT2D eigenvalue weighted by Gasteiger charge is 2.04. The monoisotopic (exact) mass is 191 g/mol. The van der Waals surface area contributed by atoms with Crippen molar-refractivity contribution in [3.8, 4) is 5.75 Å². The van der Waals surface area contributed by atoms with Crippen molar-refractivity contribution in [1.29, 1.82) is 0 Å². The second kappa shape index (κ2) is 3.06. The lowest BCUT2D eigenvalue weighted by Gasteiger charge is -2.01. The summed E-state index contributed by atoms with van der Waals surface area (Å²) >= 11 is 0. The van der Waals surface area contributed by atoms with Crippen molar-refractivity contribution in [3.63, 3.8) is 0 Å². The van der Waals surface area contributed by atoms with E-state index in [4.69, 9.17) is 14.9 Å². The Labute approximate surface area is 79.9 Å². The van der Waals surface area contributed by atoms with E-state index in [1.54, 1.807) is 18.2 Å². The molecule has 0 atom stereocenters. The third-order valence-electron chi connectivity index (χ3n) is 2.01. The van der Waals surface area contributed by atoms with E-state index in [9.17, 15) is 4.79 Å². The van der Waals surface area contributed by atoms with Gasteiger partial charge in [0.05, 0.1) is 12.5 Å². The number of ether oxygens (including phenoxy) is 1. The van der Waals surface area contributed by atoms with E-state index in [2.05, 4.69) is 0 Å². The van der Waals surface area contributed by atoms with Crippen LogP contribution in [-0.4, -0.2) is 7.11 Å². The van der Waals surface area contributed by atoms with Gasteiger partial charge in [0.1, 0.15) is 23.3 Å². The summed E-state index contributed by atoms with van der Waals surface area (Å²) in [5, 5.41) is 0.435. The van der Waals surface area contributed by atoms with Gasteiger partial charge in [0.15, 0.2) is 0 Å². The van der Waals surface area contributed by atoms with Crippen molar-refractivity contribution >= 4 is 16.7 Å². The molecule has 4 nitrogen and oxygen atoms in total. The van der Waals surface area contributed by atoms with E-state index in [0.717, 1.165) is 0 Å². The third-order valence-corrected chi connectivity index (χ3v) is 2.01. The summed E-state index contributed by atoms with van der Waals surface area (Å²) in [4.78, 5) is 11.6. The standard InChI is InChI=1S/C10H9NO3/c1-13-6-2-3-9-7(4-6)10(12)8(11)5-14-9/h2-5H,11H2,1H3. The van der Waals surface area contributed by atoms with Gasteiger partial charge in [-0.25, -0.2) is 0 Å². The quantitative estimate of drug-likeness (QED) is 0.739. The van der Waals surface area contributed by atoms with Gasteiger partial charge in [-0.1, -0.05) is 0 Å². The second-order valence-electron chi connectivity index (χ2n) is 2.88. The maximum atomic E-state index is 11.6. The van der Waals surface area contributed by atoms with Crippen LogP contribution in [0.5, 0.6) is 5.75 Å². The average molecular weight is 191 g/mol. The maximum Gasteiger partial charge on any atom is 0.215 e. The van der Waals surface area contributed by atoms with E-state index in [-0.39, 0.29) is 11.1 Å². The Bertz CT molecular complexity index is 530. The predicted octanol–water partition coefficient (Wildman–Crippen LogP) is 1.38. The molecule has 0 spiro atoms. The van der Waals surface area contributed by atoms with Crippen LogP contribution in [0.3, 0.4) is 0 Å². The van der Waals surface area contributed by atoms with Crippen LogP contribution in [0.2, 0.25) is 0 Å². The van der Waals surface area contributed by atoms with Crippen molar-refractivity contribution < 1.29 is 9.15 Å². The number of methoxy groups -OCH3 is 1. The highest BCUT2D eigenvalue weighted by molar-refractivity contribution is 5.80.